The highest BCUT2D eigenvalue weighted by Crippen LogP contribution is 2.18. The fraction of sp³-hybridized carbons (Fsp3) is 0.429. The molecule has 1 saturated heterocycles. The van der Waals surface area contributed by atoms with E-state index < -0.39 is 5.97 Å². The van der Waals surface area contributed by atoms with Crippen molar-refractivity contribution in [3.63, 3.8) is 0 Å². The van der Waals surface area contributed by atoms with Crippen LogP contribution in [0.25, 0.3) is 0 Å². The second-order valence-corrected chi connectivity index (χ2v) is 7.09. The highest BCUT2D eigenvalue weighted by molar-refractivity contribution is 5.94. The van der Waals surface area contributed by atoms with Gasteiger partial charge in [-0.2, -0.15) is 0 Å². The van der Waals surface area contributed by atoms with Gasteiger partial charge in [0.2, 0.25) is 0 Å². The fourth-order valence-electron chi connectivity index (χ4n) is 3.26. The molecule has 0 spiro atoms. The third kappa shape index (κ3) is 4.39. The highest BCUT2D eigenvalue weighted by Gasteiger charge is 2.24. The molecule has 1 aliphatic rings. The van der Waals surface area contributed by atoms with Crippen molar-refractivity contribution in [3.05, 3.63) is 59.0 Å². The van der Waals surface area contributed by atoms with Crippen LogP contribution in [0.3, 0.4) is 0 Å². The Kier molecular flexibility index (Phi) is 5.96. The van der Waals surface area contributed by atoms with Gasteiger partial charge in [-0.15, -0.1) is 0 Å². The summed E-state index contributed by atoms with van der Waals surface area (Å²) in [5.41, 5.74) is 2.42. The number of methoxy groups -OCH3 is 1. The predicted molar refractivity (Wildman–Crippen MR) is 102 cm³/mol. The van der Waals surface area contributed by atoms with Crippen molar-refractivity contribution < 1.29 is 18.7 Å². The van der Waals surface area contributed by atoms with Crippen LogP contribution in [0.15, 0.2) is 41.0 Å². The molecule has 1 aromatic carbocycles. The summed E-state index contributed by atoms with van der Waals surface area (Å²) in [5, 5.41) is 0. The average Bonchev–Trinajstić information content (AvgIpc) is 3.15. The van der Waals surface area contributed by atoms with Crippen LogP contribution in [0.4, 0.5) is 0 Å². The van der Waals surface area contributed by atoms with Crippen LogP contribution < -0.4 is 0 Å². The van der Waals surface area contributed by atoms with Gasteiger partial charge < -0.3 is 14.1 Å². The normalized spacial score (nSPS) is 15.2. The van der Waals surface area contributed by atoms with Gasteiger partial charge in [0.05, 0.1) is 19.9 Å². The lowest BCUT2D eigenvalue weighted by Gasteiger charge is -2.34. The Morgan fingerprint density at radius 2 is 1.74 bits per heavy atom. The van der Waals surface area contributed by atoms with E-state index in [0.717, 1.165) is 18.7 Å². The molecule has 0 N–H and O–H groups in total. The first kappa shape index (κ1) is 19.2. The van der Waals surface area contributed by atoms with Crippen LogP contribution in [0.1, 0.15) is 51.8 Å². The molecule has 1 aromatic heterocycles. The third-order valence-corrected chi connectivity index (χ3v) is 5.00. The molecule has 27 heavy (non-hydrogen) atoms. The molecule has 6 heteroatoms. The summed E-state index contributed by atoms with van der Waals surface area (Å²) in [6, 6.07) is 9.51. The second-order valence-electron chi connectivity index (χ2n) is 7.09. The van der Waals surface area contributed by atoms with E-state index in [1.54, 1.807) is 6.07 Å². The minimum atomic E-state index is -0.391. The Morgan fingerprint density at radius 1 is 1.07 bits per heavy atom. The summed E-state index contributed by atoms with van der Waals surface area (Å²) >= 11 is 0. The minimum absolute atomic E-state index is 0.0678. The number of benzene rings is 1. The van der Waals surface area contributed by atoms with Gasteiger partial charge in [-0.05, 0) is 29.7 Å². The SMILES string of the molecule is COC(=O)c1ccoc1CN1CCN(C(=O)c2ccc(C(C)C)cc2)CC1. The Morgan fingerprint density at radius 3 is 2.33 bits per heavy atom. The number of hydrogen-bond donors (Lipinski definition) is 0. The summed E-state index contributed by atoms with van der Waals surface area (Å²) in [4.78, 5) is 28.5. The molecular formula is C21H26N2O4. The van der Waals surface area contributed by atoms with E-state index in [9.17, 15) is 9.59 Å². The minimum Gasteiger partial charge on any atom is -0.467 e. The van der Waals surface area contributed by atoms with E-state index in [-0.39, 0.29) is 5.91 Å². The van der Waals surface area contributed by atoms with Crippen molar-refractivity contribution in [2.24, 2.45) is 0 Å². The second kappa shape index (κ2) is 8.39. The zero-order chi connectivity index (χ0) is 19.4. The first-order valence-corrected chi connectivity index (χ1v) is 9.26. The summed E-state index contributed by atoms with van der Waals surface area (Å²) in [6.45, 7) is 7.58. The highest BCUT2D eigenvalue weighted by atomic mass is 16.5. The molecule has 2 heterocycles. The molecular weight excluding hydrogens is 344 g/mol. The number of nitrogens with zero attached hydrogens (tertiary/aromatic N) is 2. The number of ether oxygens (including phenoxy) is 1. The lowest BCUT2D eigenvalue weighted by Crippen LogP contribution is -2.48. The molecule has 1 fully saturated rings. The van der Waals surface area contributed by atoms with Crippen LogP contribution >= 0.6 is 0 Å². The van der Waals surface area contributed by atoms with Crippen molar-refractivity contribution in [2.75, 3.05) is 33.3 Å². The number of carbonyl (C=O) groups is 2. The van der Waals surface area contributed by atoms with Crippen molar-refractivity contribution in [1.82, 2.24) is 9.80 Å². The van der Waals surface area contributed by atoms with Crippen molar-refractivity contribution in [1.29, 1.82) is 0 Å². The Hall–Kier alpha value is -2.60. The molecule has 3 rings (SSSR count). The molecule has 0 bridgehead atoms. The number of furan rings is 1. The smallest absolute Gasteiger partial charge is 0.341 e. The fourth-order valence-corrected chi connectivity index (χ4v) is 3.26. The van der Waals surface area contributed by atoms with Crippen molar-refractivity contribution in [2.45, 2.75) is 26.3 Å². The molecule has 0 saturated carbocycles. The van der Waals surface area contributed by atoms with Gasteiger partial charge in [-0.3, -0.25) is 9.69 Å². The number of rotatable bonds is 5. The maximum atomic E-state index is 12.7. The van der Waals surface area contributed by atoms with E-state index in [1.807, 2.05) is 29.2 Å². The van der Waals surface area contributed by atoms with E-state index in [4.69, 9.17) is 9.15 Å². The maximum absolute atomic E-state index is 12.7. The Bertz CT molecular complexity index is 787. The first-order chi connectivity index (χ1) is 13.0. The third-order valence-electron chi connectivity index (χ3n) is 5.00. The van der Waals surface area contributed by atoms with E-state index in [0.29, 0.717) is 36.9 Å². The number of piperazine rings is 1. The summed E-state index contributed by atoms with van der Waals surface area (Å²) < 4.78 is 10.2. The molecule has 144 valence electrons. The van der Waals surface area contributed by atoms with Gasteiger partial charge >= 0.3 is 5.97 Å². The van der Waals surface area contributed by atoms with E-state index in [2.05, 4.69) is 18.7 Å². The molecule has 6 nitrogen and oxygen atoms in total. The molecule has 1 aliphatic heterocycles. The maximum Gasteiger partial charge on any atom is 0.341 e. The number of esters is 1. The molecule has 0 radical (unpaired) electrons. The number of amides is 1. The van der Waals surface area contributed by atoms with Gasteiger partial charge in [0.15, 0.2) is 0 Å². The van der Waals surface area contributed by atoms with Crippen molar-refractivity contribution >= 4 is 11.9 Å². The lowest BCUT2D eigenvalue weighted by molar-refractivity contribution is 0.0590. The van der Waals surface area contributed by atoms with E-state index in [1.165, 1.54) is 18.9 Å². The molecule has 0 aliphatic carbocycles. The van der Waals surface area contributed by atoms with Crippen molar-refractivity contribution in [3.8, 4) is 0 Å². The zero-order valence-corrected chi connectivity index (χ0v) is 16.1. The Labute approximate surface area is 159 Å². The van der Waals surface area contributed by atoms with Gasteiger partial charge in [0, 0.05) is 31.7 Å². The van der Waals surface area contributed by atoms with Gasteiger partial charge in [0.1, 0.15) is 11.3 Å². The lowest BCUT2D eigenvalue weighted by atomic mass is 10.0. The molecule has 0 unspecified atom stereocenters. The van der Waals surface area contributed by atoms with Crippen LogP contribution in [0, 0.1) is 0 Å². The topological polar surface area (TPSA) is 63.0 Å². The van der Waals surface area contributed by atoms with Gasteiger partial charge in [0.25, 0.3) is 5.91 Å². The standard InChI is InChI=1S/C21H26N2O4/c1-15(2)16-4-6-17(7-5-16)20(24)23-11-9-22(10-12-23)14-19-18(8-13-27-19)21(25)26-3/h4-8,13,15H,9-12,14H2,1-3H3. The van der Waals surface area contributed by atoms with Crippen LogP contribution in [-0.2, 0) is 11.3 Å². The van der Waals surface area contributed by atoms with E-state index >= 15 is 0 Å². The summed E-state index contributed by atoms with van der Waals surface area (Å²) in [6.07, 6.45) is 1.50. The quantitative estimate of drug-likeness (QED) is 0.757. The van der Waals surface area contributed by atoms with Crippen LogP contribution in [-0.4, -0.2) is 55.0 Å². The summed E-state index contributed by atoms with van der Waals surface area (Å²) in [7, 11) is 1.36. The largest absolute Gasteiger partial charge is 0.467 e. The first-order valence-electron chi connectivity index (χ1n) is 9.26. The zero-order valence-electron chi connectivity index (χ0n) is 16.1. The van der Waals surface area contributed by atoms with Crippen LogP contribution in [0.2, 0.25) is 0 Å². The summed E-state index contributed by atoms with van der Waals surface area (Å²) in [5.74, 6) is 0.732. The van der Waals surface area contributed by atoms with Gasteiger partial charge in [-0.25, -0.2) is 4.79 Å². The number of carbonyl (C=O) groups excluding carboxylic acids is 2. The van der Waals surface area contributed by atoms with Crippen LogP contribution in [0.5, 0.6) is 0 Å². The molecule has 1 amide bonds. The monoisotopic (exact) mass is 370 g/mol. The van der Waals surface area contributed by atoms with Gasteiger partial charge in [-0.1, -0.05) is 26.0 Å². The molecule has 0 atom stereocenters. The predicted octanol–water partition coefficient (Wildman–Crippen LogP) is 3.15. The average molecular weight is 370 g/mol. The Balaban J connectivity index is 1.56. The molecule has 2 aromatic rings. The number of hydrogen-bond acceptors (Lipinski definition) is 5.